The summed E-state index contributed by atoms with van der Waals surface area (Å²) in [7, 11) is 0. The van der Waals surface area contributed by atoms with E-state index in [0.717, 1.165) is 31.8 Å². The molecular formula is C14H18N2. The van der Waals surface area contributed by atoms with Crippen molar-refractivity contribution >= 4 is 5.84 Å². The highest BCUT2D eigenvalue weighted by molar-refractivity contribution is 5.82. The van der Waals surface area contributed by atoms with Crippen LogP contribution in [0.4, 0.5) is 0 Å². The Bertz CT molecular complexity index is 388. The molecule has 0 aliphatic carbocycles. The van der Waals surface area contributed by atoms with E-state index >= 15 is 0 Å². The molecule has 1 aromatic carbocycles. The van der Waals surface area contributed by atoms with Crippen molar-refractivity contribution in [3.8, 4) is 0 Å². The maximum absolute atomic E-state index is 4.47. The topological polar surface area (TPSA) is 24.4 Å². The molecule has 1 aliphatic rings. The lowest BCUT2D eigenvalue weighted by molar-refractivity contribution is 0.937. The van der Waals surface area contributed by atoms with Gasteiger partial charge >= 0.3 is 0 Å². The Balaban J connectivity index is 1.87. The first-order valence-electron chi connectivity index (χ1n) is 5.82. The van der Waals surface area contributed by atoms with Crippen LogP contribution in [0.3, 0.4) is 0 Å². The lowest BCUT2D eigenvalue weighted by atomic mass is 10.1. The van der Waals surface area contributed by atoms with Crippen molar-refractivity contribution in [2.45, 2.75) is 19.8 Å². The van der Waals surface area contributed by atoms with Crippen molar-refractivity contribution in [2.75, 3.05) is 13.1 Å². The number of hydrogen-bond donors (Lipinski definition) is 1. The van der Waals surface area contributed by atoms with Gasteiger partial charge in [0.25, 0.3) is 0 Å². The molecule has 0 aromatic heterocycles. The van der Waals surface area contributed by atoms with E-state index in [9.17, 15) is 0 Å². The van der Waals surface area contributed by atoms with Gasteiger partial charge in [-0.2, -0.15) is 0 Å². The first-order valence-corrected chi connectivity index (χ1v) is 5.82. The van der Waals surface area contributed by atoms with Crippen LogP contribution in [-0.2, 0) is 6.42 Å². The third-order valence-electron chi connectivity index (χ3n) is 2.75. The Kier molecular flexibility index (Phi) is 3.76. The van der Waals surface area contributed by atoms with Crippen molar-refractivity contribution in [3.05, 3.63) is 47.5 Å². The Morgan fingerprint density at radius 2 is 1.94 bits per heavy atom. The van der Waals surface area contributed by atoms with Crippen LogP contribution in [0.15, 0.2) is 41.4 Å². The average molecular weight is 214 g/mol. The number of rotatable bonds is 3. The number of nitrogens with one attached hydrogen (secondary N) is 1. The molecule has 0 saturated carbocycles. The van der Waals surface area contributed by atoms with Crippen molar-refractivity contribution in [2.24, 2.45) is 4.99 Å². The lowest BCUT2D eigenvalue weighted by Crippen LogP contribution is -2.23. The van der Waals surface area contributed by atoms with Crippen molar-refractivity contribution < 1.29 is 0 Å². The van der Waals surface area contributed by atoms with E-state index in [1.807, 2.05) is 0 Å². The van der Waals surface area contributed by atoms with Gasteiger partial charge < -0.3 is 5.32 Å². The average Bonchev–Trinajstić information content (AvgIpc) is 2.57. The number of nitrogens with zero attached hydrogens (tertiary/aromatic N) is 1. The summed E-state index contributed by atoms with van der Waals surface area (Å²) >= 11 is 0. The lowest BCUT2D eigenvalue weighted by Gasteiger charge is -2.06. The molecule has 0 fully saturated rings. The van der Waals surface area contributed by atoms with E-state index in [2.05, 4.69) is 53.7 Å². The van der Waals surface area contributed by atoms with Crippen LogP contribution in [0.2, 0.25) is 0 Å². The number of benzene rings is 1. The fourth-order valence-corrected chi connectivity index (χ4v) is 1.74. The maximum Gasteiger partial charge on any atom is 0.0972 e. The summed E-state index contributed by atoms with van der Waals surface area (Å²) in [6, 6.07) is 8.73. The van der Waals surface area contributed by atoms with E-state index in [4.69, 9.17) is 0 Å². The Morgan fingerprint density at radius 3 is 2.75 bits per heavy atom. The zero-order valence-corrected chi connectivity index (χ0v) is 9.74. The number of aryl methyl sites for hydroxylation is 2. The van der Waals surface area contributed by atoms with Gasteiger partial charge in [-0.15, -0.1) is 0 Å². The summed E-state index contributed by atoms with van der Waals surface area (Å²) in [6.45, 7) is 3.84. The fourth-order valence-electron chi connectivity index (χ4n) is 1.74. The van der Waals surface area contributed by atoms with Crippen LogP contribution in [0.1, 0.15) is 17.5 Å². The molecule has 84 valence electrons. The van der Waals surface area contributed by atoms with E-state index in [-0.39, 0.29) is 0 Å². The highest BCUT2D eigenvalue weighted by Gasteiger charge is 2.00. The Labute approximate surface area is 97.1 Å². The number of hydrogen-bond acceptors (Lipinski definition) is 2. The molecule has 1 aromatic rings. The SMILES string of the molecule is Cc1ccc(CCC2=NCC=CCN2)cc1. The zero-order chi connectivity index (χ0) is 11.2. The van der Waals surface area contributed by atoms with Crippen LogP contribution in [0.25, 0.3) is 0 Å². The second-order valence-corrected chi connectivity index (χ2v) is 4.13. The first kappa shape index (κ1) is 10.9. The third-order valence-corrected chi connectivity index (χ3v) is 2.75. The predicted molar refractivity (Wildman–Crippen MR) is 68.9 cm³/mol. The highest BCUT2D eigenvalue weighted by atomic mass is 15.0. The Morgan fingerprint density at radius 1 is 1.12 bits per heavy atom. The summed E-state index contributed by atoms with van der Waals surface area (Å²) in [5, 5.41) is 3.33. The van der Waals surface area contributed by atoms with Crippen LogP contribution in [-0.4, -0.2) is 18.9 Å². The molecule has 0 atom stereocenters. The highest BCUT2D eigenvalue weighted by Crippen LogP contribution is 2.06. The molecule has 0 radical (unpaired) electrons. The second kappa shape index (κ2) is 5.50. The smallest absolute Gasteiger partial charge is 0.0972 e. The predicted octanol–water partition coefficient (Wildman–Crippen LogP) is 2.49. The summed E-state index contributed by atoms with van der Waals surface area (Å²) in [6.07, 6.45) is 6.30. The maximum atomic E-state index is 4.47. The molecule has 1 N–H and O–H groups in total. The molecule has 16 heavy (non-hydrogen) atoms. The zero-order valence-electron chi connectivity index (χ0n) is 9.74. The summed E-state index contributed by atoms with van der Waals surface area (Å²) in [4.78, 5) is 4.47. The van der Waals surface area contributed by atoms with Gasteiger partial charge in [-0.1, -0.05) is 42.0 Å². The van der Waals surface area contributed by atoms with Crippen molar-refractivity contribution in [1.82, 2.24) is 5.32 Å². The van der Waals surface area contributed by atoms with Gasteiger partial charge in [0.15, 0.2) is 0 Å². The fraction of sp³-hybridized carbons (Fsp3) is 0.357. The molecule has 0 bridgehead atoms. The van der Waals surface area contributed by atoms with Gasteiger partial charge in [0.1, 0.15) is 0 Å². The normalized spacial score (nSPS) is 15.2. The molecule has 2 rings (SSSR count). The first-order chi connectivity index (χ1) is 7.84. The number of aliphatic imine (C=N–C) groups is 1. The minimum atomic E-state index is 0.816. The van der Waals surface area contributed by atoms with E-state index in [1.54, 1.807) is 0 Å². The van der Waals surface area contributed by atoms with E-state index < -0.39 is 0 Å². The third kappa shape index (κ3) is 3.23. The van der Waals surface area contributed by atoms with Gasteiger partial charge in [-0.05, 0) is 18.9 Å². The summed E-state index contributed by atoms with van der Waals surface area (Å²) < 4.78 is 0. The summed E-state index contributed by atoms with van der Waals surface area (Å²) in [5.41, 5.74) is 2.70. The van der Waals surface area contributed by atoms with Crippen LogP contribution in [0, 0.1) is 6.92 Å². The minimum absolute atomic E-state index is 0.816. The molecule has 0 amide bonds. The standard InChI is InChI=1S/C14H18N2/c1-12-4-6-13(7-5-12)8-9-14-15-10-2-3-11-16-14/h2-7H,8-11H2,1H3,(H,15,16). The van der Waals surface area contributed by atoms with Gasteiger partial charge in [0.05, 0.1) is 12.4 Å². The molecular weight excluding hydrogens is 196 g/mol. The van der Waals surface area contributed by atoms with Gasteiger partial charge in [0.2, 0.25) is 0 Å². The molecule has 1 aliphatic heterocycles. The molecule has 0 saturated heterocycles. The molecule has 0 unspecified atom stereocenters. The van der Waals surface area contributed by atoms with Gasteiger partial charge in [-0.3, -0.25) is 4.99 Å². The summed E-state index contributed by atoms with van der Waals surface area (Å²) in [5.74, 6) is 1.13. The van der Waals surface area contributed by atoms with E-state index in [0.29, 0.717) is 0 Å². The Hall–Kier alpha value is -1.57. The molecule has 2 nitrogen and oxygen atoms in total. The van der Waals surface area contributed by atoms with Gasteiger partial charge in [-0.25, -0.2) is 0 Å². The minimum Gasteiger partial charge on any atom is -0.370 e. The second-order valence-electron chi connectivity index (χ2n) is 4.13. The van der Waals surface area contributed by atoms with Crippen molar-refractivity contribution in [1.29, 1.82) is 0 Å². The number of amidine groups is 1. The van der Waals surface area contributed by atoms with Gasteiger partial charge in [0, 0.05) is 13.0 Å². The van der Waals surface area contributed by atoms with Crippen LogP contribution in [0.5, 0.6) is 0 Å². The monoisotopic (exact) mass is 214 g/mol. The largest absolute Gasteiger partial charge is 0.370 e. The molecule has 2 heteroatoms. The quantitative estimate of drug-likeness (QED) is 0.768. The van der Waals surface area contributed by atoms with Crippen molar-refractivity contribution in [3.63, 3.8) is 0 Å². The van der Waals surface area contributed by atoms with E-state index in [1.165, 1.54) is 11.1 Å². The molecule has 1 heterocycles. The van der Waals surface area contributed by atoms with Crippen LogP contribution >= 0.6 is 0 Å². The van der Waals surface area contributed by atoms with Crippen LogP contribution < -0.4 is 5.32 Å². The molecule has 0 spiro atoms.